The molecule has 1 aromatic heterocycles. The highest BCUT2D eigenvalue weighted by molar-refractivity contribution is 7.89. The van der Waals surface area contributed by atoms with Gasteiger partial charge in [0.05, 0.1) is 6.04 Å². The summed E-state index contributed by atoms with van der Waals surface area (Å²) in [6.45, 7) is 1.69. The molecule has 1 atom stereocenters. The first-order valence-corrected chi connectivity index (χ1v) is 8.82. The molecule has 0 spiro atoms. The molecule has 1 N–H and O–H groups in total. The molecule has 3 rings (SSSR count). The van der Waals surface area contributed by atoms with Crippen molar-refractivity contribution in [2.24, 2.45) is 0 Å². The van der Waals surface area contributed by atoms with E-state index in [9.17, 15) is 17.2 Å². The minimum Gasteiger partial charge on any atom is -0.347 e. The van der Waals surface area contributed by atoms with Crippen LogP contribution in [0.5, 0.6) is 0 Å². The Labute approximate surface area is 133 Å². The summed E-state index contributed by atoms with van der Waals surface area (Å²) in [5, 5.41) is 0. The van der Waals surface area contributed by atoms with Crippen LogP contribution in [0.3, 0.4) is 0 Å². The number of H-pyrrole nitrogens is 1. The first-order chi connectivity index (χ1) is 10.9. The number of imidazole rings is 1. The molecule has 1 aliphatic rings. The Bertz CT molecular complexity index is 806. The van der Waals surface area contributed by atoms with Crippen molar-refractivity contribution in [3.63, 3.8) is 0 Å². The van der Waals surface area contributed by atoms with Crippen molar-refractivity contribution in [2.75, 3.05) is 6.54 Å². The highest BCUT2D eigenvalue weighted by Crippen LogP contribution is 2.35. The third kappa shape index (κ3) is 2.88. The van der Waals surface area contributed by atoms with Gasteiger partial charge in [-0.1, -0.05) is 6.42 Å². The Morgan fingerprint density at radius 3 is 2.74 bits per heavy atom. The number of aryl methyl sites for hydroxylation is 1. The largest absolute Gasteiger partial charge is 0.347 e. The zero-order valence-electron chi connectivity index (χ0n) is 12.6. The summed E-state index contributed by atoms with van der Waals surface area (Å²) in [4.78, 5) is 6.57. The number of halogens is 2. The van der Waals surface area contributed by atoms with Gasteiger partial charge in [0.25, 0.3) is 0 Å². The van der Waals surface area contributed by atoms with Crippen LogP contribution in [0.15, 0.2) is 29.4 Å². The van der Waals surface area contributed by atoms with Gasteiger partial charge >= 0.3 is 0 Å². The molecular formula is C15H17F2N3O2S. The first kappa shape index (κ1) is 16.1. The van der Waals surface area contributed by atoms with Gasteiger partial charge in [-0.05, 0) is 31.4 Å². The summed E-state index contributed by atoms with van der Waals surface area (Å²) in [7, 11) is -4.08. The van der Waals surface area contributed by atoms with Crippen LogP contribution in [0.2, 0.25) is 0 Å². The molecule has 0 radical (unpaired) electrons. The number of hydrogen-bond acceptors (Lipinski definition) is 3. The van der Waals surface area contributed by atoms with Crippen LogP contribution in [0.25, 0.3) is 0 Å². The SMILES string of the molecule is Cc1cc(S(=O)(=O)N2CCCC[C@@H]2c2ncc[nH]2)c(F)cc1F. The summed E-state index contributed by atoms with van der Waals surface area (Å²) in [6.07, 6.45) is 5.34. The number of aromatic amines is 1. The van der Waals surface area contributed by atoms with Gasteiger partial charge in [-0.15, -0.1) is 0 Å². The number of aromatic nitrogens is 2. The molecule has 23 heavy (non-hydrogen) atoms. The molecule has 1 aliphatic heterocycles. The van der Waals surface area contributed by atoms with Gasteiger partial charge in [0, 0.05) is 25.0 Å². The third-order valence-corrected chi connectivity index (χ3v) is 6.01. The Balaban J connectivity index is 2.05. The molecule has 2 aromatic rings. The first-order valence-electron chi connectivity index (χ1n) is 7.38. The monoisotopic (exact) mass is 341 g/mol. The van der Waals surface area contributed by atoms with Gasteiger partial charge in [0.15, 0.2) is 0 Å². The zero-order valence-corrected chi connectivity index (χ0v) is 13.4. The molecule has 8 heteroatoms. The van der Waals surface area contributed by atoms with Crippen LogP contribution >= 0.6 is 0 Å². The molecule has 124 valence electrons. The van der Waals surface area contributed by atoms with Gasteiger partial charge in [-0.2, -0.15) is 4.31 Å². The summed E-state index contributed by atoms with van der Waals surface area (Å²) in [6, 6.07) is 1.20. The van der Waals surface area contributed by atoms with Crippen molar-refractivity contribution in [3.05, 3.63) is 47.5 Å². The van der Waals surface area contributed by atoms with Crippen LogP contribution in [-0.4, -0.2) is 29.2 Å². The average Bonchev–Trinajstić information content (AvgIpc) is 3.05. The van der Waals surface area contributed by atoms with Crippen molar-refractivity contribution in [1.29, 1.82) is 0 Å². The predicted molar refractivity (Wildman–Crippen MR) is 80.2 cm³/mol. The van der Waals surface area contributed by atoms with E-state index < -0.39 is 32.6 Å². The molecule has 5 nitrogen and oxygen atoms in total. The minimum atomic E-state index is -4.08. The van der Waals surface area contributed by atoms with E-state index in [1.54, 1.807) is 12.4 Å². The second-order valence-electron chi connectivity index (χ2n) is 5.63. The number of rotatable bonds is 3. The summed E-state index contributed by atoms with van der Waals surface area (Å²) >= 11 is 0. The van der Waals surface area contributed by atoms with Crippen LogP contribution in [0, 0.1) is 18.6 Å². The topological polar surface area (TPSA) is 66.1 Å². The fourth-order valence-electron chi connectivity index (χ4n) is 2.88. The smallest absolute Gasteiger partial charge is 0.246 e. The minimum absolute atomic E-state index is 0.0940. The lowest BCUT2D eigenvalue weighted by atomic mass is 10.0. The summed E-state index contributed by atoms with van der Waals surface area (Å²) in [5.41, 5.74) is 0.0940. The van der Waals surface area contributed by atoms with E-state index in [0.717, 1.165) is 12.5 Å². The Hall–Kier alpha value is -1.80. The fraction of sp³-hybridized carbons (Fsp3) is 0.400. The van der Waals surface area contributed by atoms with E-state index in [0.29, 0.717) is 24.7 Å². The Kier molecular flexibility index (Phi) is 4.20. The summed E-state index contributed by atoms with van der Waals surface area (Å²) < 4.78 is 54.6. The highest BCUT2D eigenvalue weighted by Gasteiger charge is 2.37. The Morgan fingerprint density at radius 2 is 2.04 bits per heavy atom. The van der Waals surface area contributed by atoms with Gasteiger partial charge in [-0.25, -0.2) is 22.2 Å². The maximum atomic E-state index is 14.1. The van der Waals surface area contributed by atoms with Crippen molar-refractivity contribution in [2.45, 2.75) is 37.1 Å². The number of hydrogen-bond donors (Lipinski definition) is 1. The van der Waals surface area contributed by atoms with Crippen LogP contribution in [-0.2, 0) is 10.0 Å². The molecule has 1 aromatic carbocycles. The maximum absolute atomic E-state index is 14.1. The lowest BCUT2D eigenvalue weighted by molar-refractivity contribution is 0.247. The van der Waals surface area contributed by atoms with Gasteiger partial charge in [0.2, 0.25) is 10.0 Å². The molecule has 0 unspecified atom stereocenters. The molecule has 1 saturated heterocycles. The molecular weight excluding hydrogens is 324 g/mol. The van der Waals surface area contributed by atoms with Gasteiger partial charge < -0.3 is 4.98 Å². The number of sulfonamides is 1. The molecule has 0 aliphatic carbocycles. The average molecular weight is 341 g/mol. The Morgan fingerprint density at radius 1 is 1.26 bits per heavy atom. The third-order valence-electron chi connectivity index (χ3n) is 4.09. The second kappa shape index (κ2) is 6.01. The van der Waals surface area contributed by atoms with Gasteiger partial charge in [0.1, 0.15) is 22.4 Å². The molecule has 0 saturated carbocycles. The summed E-state index contributed by atoms with van der Waals surface area (Å²) in [5.74, 6) is -1.30. The van der Waals surface area contributed by atoms with Crippen molar-refractivity contribution < 1.29 is 17.2 Å². The number of piperidine rings is 1. The molecule has 0 bridgehead atoms. The lowest BCUT2D eigenvalue weighted by Crippen LogP contribution is -2.39. The lowest BCUT2D eigenvalue weighted by Gasteiger charge is -2.33. The zero-order chi connectivity index (χ0) is 16.6. The number of nitrogens with one attached hydrogen (secondary N) is 1. The van der Waals surface area contributed by atoms with Crippen LogP contribution in [0.1, 0.15) is 36.7 Å². The fourth-order valence-corrected chi connectivity index (χ4v) is 4.67. The van der Waals surface area contributed by atoms with E-state index in [1.165, 1.54) is 11.2 Å². The van der Waals surface area contributed by atoms with E-state index >= 15 is 0 Å². The van der Waals surface area contributed by atoms with Crippen LogP contribution < -0.4 is 0 Å². The van der Waals surface area contributed by atoms with E-state index in [2.05, 4.69) is 9.97 Å². The molecule has 2 heterocycles. The van der Waals surface area contributed by atoms with Crippen molar-refractivity contribution >= 4 is 10.0 Å². The molecule has 0 amide bonds. The van der Waals surface area contributed by atoms with E-state index in [1.807, 2.05) is 0 Å². The second-order valence-corrected chi connectivity index (χ2v) is 7.49. The van der Waals surface area contributed by atoms with Crippen molar-refractivity contribution in [1.82, 2.24) is 14.3 Å². The predicted octanol–water partition coefficient (Wildman–Crippen LogP) is 2.91. The highest BCUT2D eigenvalue weighted by atomic mass is 32.2. The van der Waals surface area contributed by atoms with E-state index in [4.69, 9.17) is 0 Å². The number of nitrogens with zero attached hydrogens (tertiary/aromatic N) is 2. The standard InChI is InChI=1S/C15H17F2N3O2S/c1-10-8-14(12(17)9-11(10)16)23(21,22)20-7-3-2-4-13(20)15-18-5-6-19-15/h5-6,8-9,13H,2-4,7H2,1H3,(H,18,19)/t13-/m1/s1. The van der Waals surface area contributed by atoms with Crippen molar-refractivity contribution in [3.8, 4) is 0 Å². The van der Waals surface area contributed by atoms with E-state index in [-0.39, 0.29) is 12.1 Å². The van der Waals surface area contributed by atoms with Crippen LogP contribution in [0.4, 0.5) is 8.78 Å². The normalized spacial score (nSPS) is 19.9. The quantitative estimate of drug-likeness (QED) is 0.933. The van der Waals surface area contributed by atoms with Gasteiger partial charge in [-0.3, -0.25) is 0 Å². The molecule has 1 fully saturated rings. The number of benzene rings is 1. The maximum Gasteiger partial charge on any atom is 0.246 e.